The van der Waals surface area contributed by atoms with Crippen LogP contribution in [0, 0.1) is 0 Å². The molecule has 0 saturated carbocycles. The average Bonchev–Trinajstić information content (AvgIpc) is 2.60. The molecule has 2 aromatic heterocycles. The number of aromatic nitrogens is 4. The van der Waals surface area contributed by atoms with Crippen molar-refractivity contribution in [2.75, 3.05) is 19.0 Å². The normalized spacial score (nSPS) is 12.9. The zero-order chi connectivity index (χ0) is 11.5. The Hall–Kier alpha value is -1.89. The number of hydrogen-bond acceptors (Lipinski definition) is 5. The van der Waals surface area contributed by atoms with Crippen LogP contribution in [0.5, 0.6) is 0 Å². The van der Waals surface area contributed by atoms with Crippen molar-refractivity contribution in [1.29, 1.82) is 0 Å². The number of fused-ring (bicyclic) bond motifs is 1. The molecule has 0 saturated heterocycles. The molecule has 2 aromatic rings. The van der Waals surface area contributed by atoms with Crippen LogP contribution in [0.15, 0.2) is 17.2 Å². The molecule has 2 rings (SSSR count). The Morgan fingerprint density at radius 3 is 3.25 bits per heavy atom. The molecule has 2 heterocycles. The zero-order valence-corrected chi connectivity index (χ0v) is 9.10. The number of nitrogens with zero attached hydrogens (tertiary/aromatic N) is 3. The van der Waals surface area contributed by atoms with Gasteiger partial charge in [-0.2, -0.15) is 5.10 Å². The Labute approximate surface area is 91.5 Å². The molecule has 0 aromatic carbocycles. The summed E-state index contributed by atoms with van der Waals surface area (Å²) < 4.78 is 6.34. The minimum atomic E-state index is -0.293. The van der Waals surface area contributed by atoms with E-state index >= 15 is 0 Å². The van der Waals surface area contributed by atoms with Gasteiger partial charge < -0.3 is 10.1 Å². The number of methoxy groups -OCH3 is 1. The van der Waals surface area contributed by atoms with Crippen molar-refractivity contribution in [3.8, 4) is 0 Å². The maximum Gasteiger partial charge on any atom is 0.348 e. The smallest absolute Gasteiger partial charge is 0.348 e. The van der Waals surface area contributed by atoms with E-state index in [0.717, 1.165) is 0 Å². The average molecular weight is 223 g/mol. The van der Waals surface area contributed by atoms with E-state index in [1.165, 1.54) is 10.7 Å². The van der Waals surface area contributed by atoms with E-state index in [1.54, 1.807) is 13.2 Å². The van der Waals surface area contributed by atoms with Gasteiger partial charge in [0.25, 0.3) is 0 Å². The van der Waals surface area contributed by atoms with Gasteiger partial charge in [0.15, 0.2) is 5.65 Å². The van der Waals surface area contributed by atoms with Crippen molar-refractivity contribution < 1.29 is 4.74 Å². The molecule has 1 unspecified atom stereocenters. The molecule has 2 N–H and O–H groups in total. The Kier molecular flexibility index (Phi) is 2.86. The number of hydrogen-bond donors (Lipinski definition) is 2. The van der Waals surface area contributed by atoms with Gasteiger partial charge in [-0.05, 0) is 6.92 Å². The second kappa shape index (κ2) is 4.31. The molecule has 7 heteroatoms. The number of ether oxygens (including phenoxy) is 1. The minimum absolute atomic E-state index is 0.144. The van der Waals surface area contributed by atoms with Crippen LogP contribution in [0.1, 0.15) is 6.92 Å². The number of rotatable bonds is 4. The molecular formula is C9H13N5O2. The fourth-order valence-electron chi connectivity index (χ4n) is 1.43. The number of anilines is 1. The predicted octanol–water partition coefficient (Wildman–Crippen LogP) is -0.136. The first-order chi connectivity index (χ1) is 7.70. The fraction of sp³-hybridized carbons (Fsp3) is 0.444. The summed E-state index contributed by atoms with van der Waals surface area (Å²) in [5.74, 6) is 0.663. The first kappa shape index (κ1) is 10.6. The highest BCUT2D eigenvalue weighted by Gasteiger charge is 2.05. The van der Waals surface area contributed by atoms with Gasteiger partial charge >= 0.3 is 5.69 Å². The monoisotopic (exact) mass is 223 g/mol. The number of H-pyrrole nitrogens is 1. The highest BCUT2D eigenvalue weighted by molar-refractivity contribution is 5.48. The summed E-state index contributed by atoms with van der Waals surface area (Å²) in [6.45, 7) is 2.56. The molecule has 0 bridgehead atoms. The summed E-state index contributed by atoms with van der Waals surface area (Å²) in [5.41, 5.74) is 0.242. The summed E-state index contributed by atoms with van der Waals surface area (Å²) in [5, 5.41) is 9.33. The van der Waals surface area contributed by atoms with E-state index in [1.807, 2.05) is 6.92 Å². The molecule has 0 amide bonds. The summed E-state index contributed by atoms with van der Waals surface area (Å²) in [4.78, 5) is 15.3. The van der Waals surface area contributed by atoms with E-state index in [0.29, 0.717) is 18.1 Å². The van der Waals surface area contributed by atoms with Crippen LogP contribution in [0.2, 0.25) is 0 Å². The summed E-state index contributed by atoms with van der Waals surface area (Å²) >= 11 is 0. The van der Waals surface area contributed by atoms with Crippen LogP contribution < -0.4 is 11.0 Å². The second-order valence-electron chi connectivity index (χ2n) is 3.53. The molecule has 86 valence electrons. The summed E-state index contributed by atoms with van der Waals surface area (Å²) in [7, 11) is 1.64. The molecule has 0 spiro atoms. The van der Waals surface area contributed by atoms with Crippen LogP contribution in [0.4, 0.5) is 5.82 Å². The van der Waals surface area contributed by atoms with Gasteiger partial charge in [-0.15, -0.1) is 0 Å². The van der Waals surface area contributed by atoms with Gasteiger partial charge in [-0.3, -0.25) is 0 Å². The highest BCUT2D eigenvalue weighted by atomic mass is 16.5. The van der Waals surface area contributed by atoms with Crippen molar-refractivity contribution in [2.45, 2.75) is 13.0 Å². The fourth-order valence-corrected chi connectivity index (χ4v) is 1.43. The zero-order valence-electron chi connectivity index (χ0n) is 9.10. The van der Waals surface area contributed by atoms with Gasteiger partial charge in [-0.25, -0.2) is 19.3 Å². The molecule has 7 nitrogen and oxygen atoms in total. The molecule has 0 aliphatic rings. The van der Waals surface area contributed by atoms with Crippen LogP contribution in [-0.4, -0.2) is 39.3 Å². The van der Waals surface area contributed by atoms with Crippen molar-refractivity contribution in [3.05, 3.63) is 22.9 Å². The Morgan fingerprint density at radius 1 is 1.69 bits per heavy atom. The van der Waals surface area contributed by atoms with E-state index in [2.05, 4.69) is 20.5 Å². The number of aromatic amines is 1. The lowest BCUT2D eigenvalue weighted by Gasteiger charge is -2.12. The minimum Gasteiger partial charge on any atom is -0.383 e. The first-order valence-corrected chi connectivity index (χ1v) is 4.89. The van der Waals surface area contributed by atoms with Crippen molar-refractivity contribution in [3.63, 3.8) is 0 Å². The highest BCUT2D eigenvalue weighted by Crippen LogP contribution is 2.05. The van der Waals surface area contributed by atoms with Crippen LogP contribution >= 0.6 is 0 Å². The third-order valence-electron chi connectivity index (χ3n) is 2.12. The quantitative estimate of drug-likeness (QED) is 0.754. The van der Waals surface area contributed by atoms with E-state index in [9.17, 15) is 4.79 Å². The van der Waals surface area contributed by atoms with Crippen LogP contribution in [0.25, 0.3) is 5.65 Å². The first-order valence-electron chi connectivity index (χ1n) is 4.89. The Balaban J connectivity index is 2.23. The third-order valence-corrected chi connectivity index (χ3v) is 2.12. The standard InChI is InChI=1S/C9H13N5O2/c1-6(4-16-2)11-7-3-8-12-13-9(15)14(8)5-10-7/h3,5-6,11H,4H2,1-2H3,(H,13,15). The Bertz CT molecular complexity index is 532. The van der Waals surface area contributed by atoms with E-state index < -0.39 is 0 Å². The molecule has 0 radical (unpaired) electrons. The topological polar surface area (TPSA) is 84.3 Å². The van der Waals surface area contributed by atoms with Gasteiger partial charge in [0.05, 0.1) is 6.61 Å². The maximum absolute atomic E-state index is 11.2. The van der Waals surface area contributed by atoms with Crippen molar-refractivity contribution in [2.24, 2.45) is 0 Å². The van der Waals surface area contributed by atoms with Gasteiger partial charge in [0, 0.05) is 19.2 Å². The Morgan fingerprint density at radius 2 is 2.50 bits per heavy atom. The summed E-state index contributed by atoms with van der Waals surface area (Å²) in [6, 6.07) is 1.84. The largest absolute Gasteiger partial charge is 0.383 e. The molecule has 16 heavy (non-hydrogen) atoms. The lowest BCUT2D eigenvalue weighted by Crippen LogP contribution is -2.21. The molecule has 0 fully saturated rings. The van der Waals surface area contributed by atoms with Crippen LogP contribution in [-0.2, 0) is 4.74 Å². The summed E-state index contributed by atoms with van der Waals surface area (Å²) in [6.07, 6.45) is 1.43. The van der Waals surface area contributed by atoms with Gasteiger partial charge in [0.1, 0.15) is 12.1 Å². The molecule has 1 atom stereocenters. The SMILES string of the molecule is COCC(C)Nc1cc2n[nH]c(=O)n2cn1. The second-order valence-corrected chi connectivity index (χ2v) is 3.53. The predicted molar refractivity (Wildman–Crippen MR) is 58.6 cm³/mol. The van der Waals surface area contributed by atoms with E-state index in [4.69, 9.17) is 4.74 Å². The molecule has 0 aliphatic carbocycles. The maximum atomic E-state index is 11.2. The van der Waals surface area contributed by atoms with Crippen molar-refractivity contribution in [1.82, 2.24) is 19.6 Å². The van der Waals surface area contributed by atoms with Gasteiger partial charge in [-0.1, -0.05) is 0 Å². The number of nitrogens with one attached hydrogen (secondary N) is 2. The van der Waals surface area contributed by atoms with Crippen molar-refractivity contribution >= 4 is 11.5 Å². The lowest BCUT2D eigenvalue weighted by atomic mass is 10.3. The third kappa shape index (κ3) is 2.03. The van der Waals surface area contributed by atoms with Crippen LogP contribution in [0.3, 0.4) is 0 Å². The molecule has 0 aliphatic heterocycles. The lowest BCUT2D eigenvalue weighted by molar-refractivity contribution is 0.190. The van der Waals surface area contributed by atoms with Gasteiger partial charge in [0.2, 0.25) is 0 Å². The van der Waals surface area contributed by atoms with E-state index in [-0.39, 0.29) is 11.7 Å². The molecular weight excluding hydrogens is 210 g/mol.